The predicted molar refractivity (Wildman–Crippen MR) is 96.5 cm³/mol. The highest BCUT2D eigenvalue weighted by Gasteiger charge is 2.57. The van der Waals surface area contributed by atoms with Crippen LogP contribution in [0.25, 0.3) is 0 Å². The van der Waals surface area contributed by atoms with Gasteiger partial charge in [-0.2, -0.15) is 22.0 Å². The summed E-state index contributed by atoms with van der Waals surface area (Å²) in [4.78, 5) is 37.6. The van der Waals surface area contributed by atoms with E-state index in [0.29, 0.717) is 0 Å². The van der Waals surface area contributed by atoms with Gasteiger partial charge in [-0.3, -0.25) is 14.4 Å². The number of fused-ring (bicyclic) bond motifs is 1. The number of hydrogen-bond acceptors (Lipinski definition) is 5. The van der Waals surface area contributed by atoms with Gasteiger partial charge in [0, 0.05) is 12.6 Å². The van der Waals surface area contributed by atoms with Gasteiger partial charge >= 0.3 is 12.1 Å². The third kappa shape index (κ3) is 5.81. The second-order valence-corrected chi connectivity index (χ2v) is 6.85. The normalized spacial score (nSPS) is 19.0. The molecule has 8 nitrogen and oxygen atoms in total. The number of hydrogen-bond donors (Lipinski definition) is 3. The van der Waals surface area contributed by atoms with Crippen molar-refractivity contribution in [3.8, 4) is 5.75 Å². The van der Waals surface area contributed by atoms with Crippen LogP contribution < -0.4 is 20.3 Å². The molecule has 0 saturated carbocycles. The summed E-state index contributed by atoms with van der Waals surface area (Å²) in [6.07, 6.45) is -8.07. The fourth-order valence-corrected chi connectivity index (χ4v) is 2.81. The Morgan fingerprint density at radius 1 is 1.19 bits per heavy atom. The van der Waals surface area contributed by atoms with E-state index >= 15 is 0 Å². The minimum Gasteiger partial charge on any atom is -0.486 e. The van der Waals surface area contributed by atoms with Gasteiger partial charge in [0.1, 0.15) is 30.1 Å². The van der Waals surface area contributed by atoms with Crippen molar-refractivity contribution in [1.29, 1.82) is 0 Å². The molecule has 14 heteroatoms. The quantitative estimate of drug-likeness (QED) is 0.408. The van der Waals surface area contributed by atoms with Gasteiger partial charge in [-0.25, -0.2) is 4.39 Å². The summed E-state index contributed by atoms with van der Waals surface area (Å²) in [5, 5.41) is 12.7. The van der Waals surface area contributed by atoms with Crippen molar-refractivity contribution in [2.75, 3.05) is 24.6 Å². The van der Waals surface area contributed by atoms with E-state index in [1.807, 2.05) is 0 Å². The summed E-state index contributed by atoms with van der Waals surface area (Å²) >= 11 is 0. The number of alkyl halides is 5. The van der Waals surface area contributed by atoms with Crippen molar-refractivity contribution in [3.05, 3.63) is 24.0 Å². The van der Waals surface area contributed by atoms with Gasteiger partial charge in [0.05, 0.1) is 18.8 Å². The first kappa shape index (κ1) is 25.2. The maximum absolute atomic E-state index is 13.7. The Kier molecular flexibility index (Phi) is 7.59. The number of ether oxygens (including phenoxy) is 1. The first-order valence-corrected chi connectivity index (χ1v) is 9.16. The number of aliphatic hydroxyl groups is 1. The number of halogens is 6. The standard InChI is InChI=1S/C18H19F6N3O5/c1-9-15(26-14(30)7-13(29)25-8-17(20,21)18(22,23)24)16(31)27(4-5-28)11-6-10(19)2-3-12(11)32-9/h2-3,6,9,15,28H,4-5,7-8H2,1H3,(H,25,29)(H,26,30)/t9-,15+/m1/s1. The number of amides is 3. The average molecular weight is 471 g/mol. The van der Waals surface area contributed by atoms with Gasteiger partial charge in [-0.05, 0) is 19.1 Å². The molecular formula is C18H19F6N3O5. The van der Waals surface area contributed by atoms with Crippen molar-refractivity contribution in [2.45, 2.75) is 37.6 Å². The maximum atomic E-state index is 13.7. The second-order valence-electron chi connectivity index (χ2n) is 6.85. The number of carbonyl (C=O) groups excluding carboxylic acids is 3. The lowest BCUT2D eigenvalue weighted by molar-refractivity contribution is -0.278. The SMILES string of the molecule is C[C@H]1Oc2ccc(F)cc2N(CCO)C(=O)[C@H]1NC(=O)CC(=O)NCC(F)(F)C(F)(F)F. The summed E-state index contributed by atoms with van der Waals surface area (Å²) in [6.45, 7) is -1.49. The Balaban J connectivity index is 2.09. The number of β-amino-alcohol motifs (C(OH)–C–C–N with tert-alkyl or cyclic N) is 1. The van der Waals surface area contributed by atoms with E-state index in [0.717, 1.165) is 17.0 Å². The molecule has 178 valence electrons. The topological polar surface area (TPSA) is 108 Å². The number of aliphatic hydroxyl groups excluding tert-OH is 1. The third-order valence-electron chi connectivity index (χ3n) is 4.41. The number of rotatable bonds is 7. The molecule has 2 rings (SSSR count). The van der Waals surface area contributed by atoms with Crippen LogP contribution in [0.4, 0.5) is 32.0 Å². The minimum absolute atomic E-state index is 0.0141. The fourth-order valence-electron chi connectivity index (χ4n) is 2.81. The highest BCUT2D eigenvalue weighted by molar-refractivity contribution is 6.03. The number of carbonyl (C=O) groups is 3. The number of nitrogens with one attached hydrogen (secondary N) is 2. The van der Waals surface area contributed by atoms with Crippen molar-refractivity contribution < 1.29 is 50.6 Å². The lowest BCUT2D eigenvalue weighted by Gasteiger charge is -2.26. The Hall–Kier alpha value is -3.03. The van der Waals surface area contributed by atoms with Gasteiger partial charge in [0.25, 0.3) is 5.91 Å². The molecule has 0 bridgehead atoms. The monoisotopic (exact) mass is 471 g/mol. The summed E-state index contributed by atoms with van der Waals surface area (Å²) < 4.78 is 81.4. The molecule has 1 aliphatic rings. The molecule has 0 aliphatic carbocycles. The first-order chi connectivity index (χ1) is 14.8. The smallest absolute Gasteiger partial charge is 0.455 e. The zero-order chi connectivity index (χ0) is 24.3. The lowest BCUT2D eigenvalue weighted by Crippen LogP contribution is -2.55. The van der Waals surface area contributed by atoms with Crippen molar-refractivity contribution in [2.24, 2.45) is 0 Å². The number of benzene rings is 1. The van der Waals surface area contributed by atoms with E-state index in [4.69, 9.17) is 4.74 Å². The van der Waals surface area contributed by atoms with Crippen molar-refractivity contribution >= 4 is 23.4 Å². The molecule has 0 unspecified atom stereocenters. The molecule has 32 heavy (non-hydrogen) atoms. The van der Waals surface area contributed by atoms with Crippen LogP contribution in [0, 0.1) is 5.82 Å². The van der Waals surface area contributed by atoms with Gasteiger partial charge < -0.3 is 25.4 Å². The van der Waals surface area contributed by atoms with Crippen LogP contribution in [0.2, 0.25) is 0 Å². The highest BCUT2D eigenvalue weighted by Crippen LogP contribution is 2.35. The van der Waals surface area contributed by atoms with E-state index in [1.54, 1.807) is 0 Å². The van der Waals surface area contributed by atoms with Crippen molar-refractivity contribution in [1.82, 2.24) is 10.6 Å². The minimum atomic E-state index is -5.88. The highest BCUT2D eigenvalue weighted by atomic mass is 19.4. The van der Waals surface area contributed by atoms with E-state index in [9.17, 15) is 45.8 Å². The van der Waals surface area contributed by atoms with Gasteiger partial charge in [-0.1, -0.05) is 0 Å². The van der Waals surface area contributed by atoms with Crippen LogP contribution >= 0.6 is 0 Å². The molecule has 1 heterocycles. The van der Waals surface area contributed by atoms with E-state index < -0.39 is 67.4 Å². The van der Waals surface area contributed by atoms with Gasteiger partial charge in [-0.15, -0.1) is 0 Å². The maximum Gasteiger partial charge on any atom is 0.455 e. The van der Waals surface area contributed by atoms with Crippen LogP contribution in [0.15, 0.2) is 18.2 Å². The summed E-state index contributed by atoms with van der Waals surface area (Å²) in [6, 6.07) is 1.84. The molecule has 3 amide bonds. The lowest BCUT2D eigenvalue weighted by atomic mass is 10.1. The largest absolute Gasteiger partial charge is 0.486 e. The van der Waals surface area contributed by atoms with E-state index in [2.05, 4.69) is 5.32 Å². The van der Waals surface area contributed by atoms with Crippen LogP contribution in [-0.2, 0) is 14.4 Å². The molecule has 0 spiro atoms. The second kappa shape index (κ2) is 9.63. The molecule has 2 atom stereocenters. The average Bonchev–Trinajstić information content (AvgIpc) is 2.76. The van der Waals surface area contributed by atoms with E-state index in [-0.39, 0.29) is 18.0 Å². The first-order valence-electron chi connectivity index (χ1n) is 9.16. The Morgan fingerprint density at radius 3 is 2.44 bits per heavy atom. The van der Waals surface area contributed by atoms with Crippen LogP contribution in [0.1, 0.15) is 13.3 Å². The number of anilines is 1. The zero-order valence-corrected chi connectivity index (χ0v) is 16.5. The van der Waals surface area contributed by atoms with Crippen LogP contribution in [-0.4, -0.2) is 66.8 Å². The molecular weight excluding hydrogens is 452 g/mol. The Morgan fingerprint density at radius 2 is 1.84 bits per heavy atom. The Labute approximate surface area is 177 Å². The molecule has 0 radical (unpaired) electrons. The third-order valence-corrected chi connectivity index (χ3v) is 4.41. The molecule has 1 aliphatic heterocycles. The number of nitrogens with zero attached hydrogens (tertiary/aromatic N) is 1. The summed E-state index contributed by atoms with van der Waals surface area (Å²) in [5.74, 6) is -9.24. The summed E-state index contributed by atoms with van der Waals surface area (Å²) in [5.41, 5.74) is -0.0141. The van der Waals surface area contributed by atoms with Crippen LogP contribution in [0.5, 0.6) is 5.75 Å². The molecule has 0 saturated heterocycles. The van der Waals surface area contributed by atoms with E-state index in [1.165, 1.54) is 18.3 Å². The molecule has 0 fully saturated rings. The summed E-state index contributed by atoms with van der Waals surface area (Å²) in [7, 11) is 0. The van der Waals surface area contributed by atoms with Crippen molar-refractivity contribution in [3.63, 3.8) is 0 Å². The fraction of sp³-hybridized carbons (Fsp3) is 0.500. The molecule has 3 N–H and O–H groups in total. The van der Waals surface area contributed by atoms with Crippen LogP contribution in [0.3, 0.4) is 0 Å². The van der Waals surface area contributed by atoms with Gasteiger partial charge in [0.2, 0.25) is 11.8 Å². The van der Waals surface area contributed by atoms with Gasteiger partial charge in [0.15, 0.2) is 0 Å². The zero-order valence-electron chi connectivity index (χ0n) is 16.5. The molecule has 1 aromatic carbocycles. The molecule has 1 aromatic rings. The molecule has 0 aromatic heterocycles. The predicted octanol–water partition coefficient (Wildman–Crippen LogP) is 1.12. The Bertz CT molecular complexity index is 879.